The molecule has 1 aromatic carbocycles. The van der Waals surface area contributed by atoms with Crippen molar-refractivity contribution in [1.82, 2.24) is 5.32 Å². The van der Waals surface area contributed by atoms with Crippen molar-refractivity contribution in [3.05, 3.63) is 29.8 Å². The van der Waals surface area contributed by atoms with E-state index in [1.54, 1.807) is 14.0 Å². The molecule has 0 aliphatic carbocycles. The van der Waals surface area contributed by atoms with Gasteiger partial charge in [0.15, 0.2) is 0 Å². The lowest BCUT2D eigenvalue weighted by Crippen LogP contribution is -2.47. The Labute approximate surface area is 127 Å². The average molecular weight is 293 g/mol. The Morgan fingerprint density at radius 2 is 2.00 bits per heavy atom. The number of benzene rings is 1. The standard InChI is InChI=1S/C17H27NO3/c1-5-13(2)14-7-9-15(10-8-14)21-12-6-11-17(3,18-4)16(19)20/h7-10,13,18H,5-6,11-12H2,1-4H3,(H,19,20). The summed E-state index contributed by atoms with van der Waals surface area (Å²) in [5, 5.41) is 12.0. The SMILES string of the molecule is CCC(C)c1ccc(OCCCC(C)(NC)C(=O)O)cc1. The maximum Gasteiger partial charge on any atom is 0.323 e. The minimum Gasteiger partial charge on any atom is -0.494 e. The molecule has 0 aliphatic rings. The van der Waals surface area contributed by atoms with Crippen molar-refractivity contribution in [2.75, 3.05) is 13.7 Å². The van der Waals surface area contributed by atoms with Gasteiger partial charge in [0, 0.05) is 0 Å². The van der Waals surface area contributed by atoms with Crippen molar-refractivity contribution in [2.24, 2.45) is 0 Å². The number of carboxylic acids is 1. The average Bonchev–Trinajstić information content (AvgIpc) is 2.50. The van der Waals surface area contributed by atoms with Crippen LogP contribution in [0, 0.1) is 0 Å². The number of rotatable bonds is 9. The lowest BCUT2D eigenvalue weighted by atomic mass is 9.96. The largest absolute Gasteiger partial charge is 0.494 e. The minimum absolute atomic E-state index is 0.521. The Morgan fingerprint density at radius 1 is 1.38 bits per heavy atom. The van der Waals surface area contributed by atoms with E-state index in [1.165, 1.54) is 5.56 Å². The van der Waals surface area contributed by atoms with Crippen LogP contribution in [0.15, 0.2) is 24.3 Å². The molecular formula is C17H27NO3. The van der Waals surface area contributed by atoms with Gasteiger partial charge in [0.1, 0.15) is 11.3 Å². The number of likely N-dealkylation sites (N-methyl/N-ethyl adjacent to an activating group) is 1. The van der Waals surface area contributed by atoms with E-state index in [-0.39, 0.29) is 0 Å². The predicted molar refractivity (Wildman–Crippen MR) is 85.0 cm³/mol. The Balaban J connectivity index is 2.41. The number of ether oxygens (including phenoxy) is 1. The monoisotopic (exact) mass is 293 g/mol. The van der Waals surface area contributed by atoms with Gasteiger partial charge in [-0.05, 0) is 56.8 Å². The third-order valence-corrected chi connectivity index (χ3v) is 4.18. The summed E-state index contributed by atoms with van der Waals surface area (Å²) in [5.74, 6) is 0.567. The second-order valence-electron chi connectivity index (χ2n) is 5.72. The maximum atomic E-state index is 11.1. The summed E-state index contributed by atoms with van der Waals surface area (Å²) in [6.45, 7) is 6.60. The summed E-state index contributed by atoms with van der Waals surface area (Å²) in [4.78, 5) is 11.1. The van der Waals surface area contributed by atoms with Crippen LogP contribution in [0.1, 0.15) is 51.5 Å². The first-order valence-electron chi connectivity index (χ1n) is 7.58. The van der Waals surface area contributed by atoms with Crippen LogP contribution in [0.2, 0.25) is 0 Å². The molecule has 4 nitrogen and oxygen atoms in total. The van der Waals surface area contributed by atoms with Gasteiger partial charge in [-0.2, -0.15) is 0 Å². The fraction of sp³-hybridized carbons (Fsp3) is 0.588. The van der Waals surface area contributed by atoms with Crippen LogP contribution >= 0.6 is 0 Å². The molecule has 2 N–H and O–H groups in total. The Bertz CT molecular complexity index is 444. The fourth-order valence-electron chi connectivity index (χ4n) is 2.08. The molecule has 118 valence electrons. The minimum atomic E-state index is -0.885. The van der Waals surface area contributed by atoms with Gasteiger partial charge in [0.05, 0.1) is 6.61 Å². The highest BCUT2D eigenvalue weighted by Crippen LogP contribution is 2.22. The summed E-state index contributed by atoms with van der Waals surface area (Å²) >= 11 is 0. The number of carbonyl (C=O) groups is 1. The van der Waals surface area contributed by atoms with E-state index in [0.717, 1.165) is 12.2 Å². The Kier molecular flexibility index (Phi) is 6.69. The Hall–Kier alpha value is -1.55. The molecule has 0 amide bonds. The molecule has 0 fully saturated rings. The number of hydrogen-bond donors (Lipinski definition) is 2. The first kappa shape index (κ1) is 17.5. The van der Waals surface area contributed by atoms with Gasteiger partial charge in [-0.25, -0.2) is 0 Å². The summed E-state index contributed by atoms with van der Waals surface area (Å²) in [6, 6.07) is 8.16. The molecule has 0 radical (unpaired) electrons. The van der Waals surface area contributed by atoms with E-state index in [4.69, 9.17) is 9.84 Å². The molecule has 21 heavy (non-hydrogen) atoms. The number of nitrogens with one attached hydrogen (secondary N) is 1. The van der Waals surface area contributed by atoms with Crippen LogP contribution in [0.5, 0.6) is 5.75 Å². The highest BCUT2D eigenvalue weighted by molar-refractivity contribution is 5.78. The lowest BCUT2D eigenvalue weighted by Gasteiger charge is -2.23. The topological polar surface area (TPSA) is 58.6 Å². The molecule has 0 saturated heterocycles. The van der Waals surface area contributed by atoms with Crippen molar-refractivity contribution >= 4 is 5.97 Å². The molecule has 0 spiro atoms. The quantitative estimate of drug-likeness (QED) is 0.685. The molecule has 2 unspecified atom stereocenters. The first-order valence-corrected chi connectivity index (χ1v) is 7.58. The molecule has 2 atom stereocenters. The van der Waals surface area contributed by atoms with Gasteiger partial charge >= 0.3 is 5.97 Å². The first-order chi connectivity index (χ1) is 9.92. The van der Waals surface area contributed by atoms with Crippen molar-refractivity contribution in [2.45, 2.75) is 51.5 Å². The van der Waals surface area contributed by atoms with Gasteiger partial charge in [-0.15, -0.1) is 0 Å². The number of hydrogen-bond acceptors (Lipinski definition) is 3. The van der Waals surface area contributed by atoms with Gasteiger partial charge in [0.2, 0.25) is 0 Å². The molecule has 0 aromatic heterocycles. The van der Waals surface area contributed by atoms with E-state index in [2.05, 4.69) is 31.3 Å². The van der Waals surface area contributed by atoms with Crippen LogP contribution < -0.4 is 10.1 Å². The van der Waals surface area contributed by atoms with Crippen molar-refractivity contribution < 1.29 is 14.6 Å². The molecule has 1 rings (SSSR count). The number of aliphatic carboxylic acids is 1. The van der Waals surface area contributed by atoms with E-state index in [1.807, 2.05) is 12.1 Å². The van der Waals surface area contributed by atoms with Gasteiger partial charge in [-0.3, -0.25) is 4.79 Å². The Morgan fingerprint density at radius 3 is 2.48 bits per heavy atom. The van der Waals surface area contributed by atoms with Gasteiger partial charge < -0.3 is 15.2 Å². The van der Waals surface area contributed by atoms with Crippen LogP contribution in [0.3, 0.4) is 0 Å². The molecule has 0 aliphatic heterocycles. The highest BCUT2D eigenvalue weighted by atomic mass is 16.5. The van der Waals surface area contributed by atoms with Crippen molar-refractivity contribution in [1.29, 1.82) is 0 Å². The molecule has 1 aromatic rings. The van der Waals surface area contributed by atoms with Gasteiger partial charge in [-0.1, -0.05) is 26.0 Å². The third kappa shape index (κ3) is 5.05. The van der Waals surface area contributed by atoms with Crippen LogP contribution in [-0.4, -0.2) is 30.3 Å². The summed E-state index contributed by atoms with van der Waals surface area (Å²) in [7, 11) is 1.67. The molecule has 0 heterocycles. The highest BCUT2D eigenvalue weighted by Gasteiger charge is 2.30. The second kappa shape index (κ2) is 8.03. The number of carboxylic acid groups (broad SMARTS) is 1. The van der Waals surface area contributed by atoms with Gasteiger partial charge in [0.25, 0.3) is 0 Å². The summed E-state index contributed by atoms with van der Waals surface area (Å²) in [6.07, 6.45) is 2.35. The summed E-state index contributed by atoms with van der Waals surface area (Å²) < 4.78 is 5.67. The zero-order valence-electron chi connectivity index (χ0n) is 13.5. The third-order valence-electron chi connectivity index (χ3n) is 4.18. The van der Waals surface area contributed by atoms with Crippen LogP contribution in [0.4, 0.5) is 0 Å². The molecule has 0 saturated carbocycles. The zero-order valence-corrected chi connectivity index (χ0v) is 13.5. The summed E-state index contributed by atoms with van der Waals surface area (Å²) in [5.41, 5.74) is 0.433. The van der Waals surface area contributed by atoms with E-state index < -0.39 is 11.5 Å². The molecule has 4 heteroatoms. The molecular weight excluding hydrogens is 266 g/mol. The van der Waals surface area contributed by atoms with Crippen molar-refractivity contribution in [3.63, 3.8) is 0 Å². The zero-order chi connectivity index (χ0) is 15.9. The van der Waals surface area contributed by atoms with E-state index >= 15 is 0 Å². The van der Waals surface area contributed by atoms with E-state index in [0.29, 0.717) is 25.4 Å². The second-order valence-corrected chi connectivity index (χ2v) is 5.72. The smallest absolute Gasteiger partial charge is 0.323 e. The predicted octanol–water partition coefficient (Wildman–Crippen LogP) is 3.42. The van der Waals surface area contributed by atoms with Crippen molar-refractivity contribution in [3.8, 4) is 5.75 Å². The van der Waals surface area contributed by atoms with Crippen LogP contribution in [0.25, 0.3) is 0 Å². The maximum absolute atomic E-state index is 11.1. The fourth-order valence-corrected chi connectivity index (χ4v) is 2.08. The normalized spacial score (nSPS) is 15.2. The lowest BCUT2D eigenvalue weighted by molar-refractivity contribution is -0.144. The molecule has 0 bridgehead atoms. The van der Waals surface area contributed by atoms with E-state index in [9.17, 15) is 4.79 Å². The van der Waals surface area contributed by atoms with Crippen LogP contribution in [-0.2, 0) is 4.79 Å².